The molecule has 32 heavy (non-hydrogen) atoms. The van der Waals surface area contributed by atoms with Gasteiger partial charge < -0.3 is 24.4 Å². The predicted molar refractivity (Wildman–Crippen MR) is 117 cm³/mol. The Hall–Kier alpha value is -2.44. The highest BCUT2D eigenvalue weighted by atomic mass is 32.2. The second-order valence-corrected chi connectivity index (χ2v) is 9.67. The first-order chi connectivity index (χ1) is 15.3. The number of aliphatic hydroxyl groups excluding tert-OH is 1. The molecule has 0 spiro atoms. The summed E-state index contributed by atoms with van der Waals surface area (Å²) >= 11 is 1.51. The number of thiophene rings is 1. The van der Waals surface area contributed by atoms with E-state index >= 15 is 0 Å². The SMILES string of the molecule is COc1ccc(S(=O)(=O)N(CCO)CCOC2CC(c3ccsc3)C=C(C(=O)O)O2)cc1. The van der Waals surface area contributed by atoms with E-state index in [1.54, 1.807) is 18.2 Å². The second-order valence-electron chi connectivity index (χ2n) is 6.96. The summed E-state index contributed by atoms with van der Waals surface area (Å²) in [7, 11) is -2.38. The van der Waals surface area contributed by atoms with Crippen molar-refractivity contribution in [1.82, 2.24) is 4.31 Å². The summed E-state index contributed by atoms with van der Waals surface area (Å²) in [5.74, 6) is -1.04. The highest BCUT2D eigenvalue weighted by Crippen LogP contribution is 2.32. The Bertz CT molecular complexity index is 1020. The van der Waals surface area contributed by atoms with Crippen molar-refractivity contribution >= 4 is 27.3 Å². The van der Waals surface area contributed by atoms with E-state index in [4.69, 9.17) is 14.2 Å². The molecule has 0 bridgehead atoms. The lowest BCUT2D eigenvalue weighted by Crippen LogP contribution is -2.37. The maximum Gasteiger partial charge on any atom is 0.370 e. The fourth-order valence-corrected chi connectivity index (χ4v) is 5.42. The first-order valence-electron chi connectivity index (χ1n) is 9.85. The van der Waals surface area contributed by atoms with Crippen molar-refractivity contribution < 1.29 is 37.6 Å². The summed E-state index contributed by atoms with van der Waals surface area (Å²) in [4.78, 5) is 11.5. The number of carboxylic acid groups (broad SMARTS) is 1. The number of hydrogen-bond donors (Lipinski definition) is 2. The van der Waals surface area contributed by atoms with Crippen LogP contribution in [-0.4, -0.2) is 68.6 Å². The standard InChI is InChI=1S/C21H25NO8S2/c1-28-17-2-4-18(5-3-17)32(26,27)22(7-9-23)8-10-29-20-13-16(15-6-11-31-14-15)12-19(30-20)21(24)25/h2-6,11-12,14,16,20,23H,7-10,13H2,1H3,(H,24,25). The number of carboxylic acids is 1. The molecule has 2 atom stereocenters. The van der Waals surface area contributed by atoms with E-state index in [0.717, 1.165) is 9.87 Å². The molecule has 0 fully saturated rings. The molecule has 1 aromatic carbocycles. The van der Waals surface area contributed by atoms with Crippen LogP contribution >= 0.6 is 11.3 Å². The highest BCUT2D eigenvalue weighted by molar-refractivity contribution is 7.89. The summed E-state index contributed by atoms with van der Waals surface area (Å²) in [5.41, 5.74) is 0.967. The summed E-state index contributed by atoms with van der Waals surface area (Å²) in [6.07, 6.45) is 1.12. The number of benzene rings is 1. The van der Waals surface area contributed by atoms with Gasteiger partial charge in [0.25, 0.3) is 0 Å². The van der Waals surface area contributed by atoms with E-state index in [9.17, 15) is 23.4 Å². The van der Waals surface area contributed by atoms with Crippen LogP contribution in [0.3, 0.4) is 0 Å². The molecule has 0 radical (unpaired) electrons. The lowest BCUT2D eigenvalue weighted by atomic mass is 9.95. The molecule has 0 amide bonds. The van der Waals surface area contributed by atoms with Gasteiger partial charge in [0.05, 0.1) is 25.2 Å². The third-order valence-electron chi connectivity index (χ3n) is 4.93. The Morgan fingerprint density at radius 1 is 1.25 bits per heavy atom. The monoisotopic (exact) mass is 483 g/mol. The van der Waals surface area contributed by atoms with Crippen LogP contribution in [0.15, 0.2) is 57.8 Å². The zero-order chi connectivity index (χ0) is 23.1. The van der Waals surface area contributed by atoms with Gasteiger partial charge >= 0.3 is 5.97 Å². The zero-order valence-corrected chi connectivity index (χ0v) is 19.0. The summed E-state index contributed by atoms with van der Waals surface area (Å²) in [6, 6.07) is 7.86. The minimum atomic E-state index is -3.87. The number of allylic oxidation sites excluding steroid dienone is 1. The quantitative estimate of drug-likeness (QED) is 0.499. The molecule has 1 aromatic heterocycles. The van der Waals surface area contributed by atoms with E-state index in [1.165, 1.54) is 30.6 Å². The number of hydrogen-bond acceptors (Lipinski definition) is 8. The van der Waals surface area contributed by atoms with Crippen LogP contribution in [0.4, 0.5) is 0 Å². The number of ether oxygens (including phenoxy) is 3. The third kappa shape index (κ3) is 5.87. The van der Waals surface area contributed by atoms with E-state index in [2.05, 4.69) is 0 Å². The second kappa shape index (κ2) is 10.9. The maximum absolute atomic E-state index is 13.0. The summed E-state index contributed by atoms with van der Waals surface area (Å²) < 4.78 is 43.2. The number of methoxy groups -OCH3 is 1. The molecule has 0 saturated heterocycles. The molecule has 1 aliphatic heterocycles. The van der Waals surface area contributed by atoms with Crippen molar-refractivity contribution in [2.75, 3.05) is 33.4 Å². The molecule has 1 aliphatic rings. The summed E-state index contributed by atoms with van der Waals surface area (Å²) in [6.45, 7) is -0.546. The zero-order valence-electron chi connectivity index (χ0n) is 17.4. The molecular formula is C21H25NO8S2. The normalized spacial score (nSPS) is 18.8. The van der Waals surface area contributed by atoms with Gasteiger partial charge in [-0.1, -0.05) is 0 Å². The molecule has 11 heteroatoms. The molecular weight excluding hydrogens is 458 g/mol. The van der Waals surface area contributed by atoms with Crippen LogP contribution in [0.1, 0.15) is 17.9 Å². The van der Waals surface area contributed by atoms with E-state index < -0.39 is 22.3 Å². The highest BCUT2D eigenvalue weighted by Gasteiger charge is 2.30. The Morgan fingerprint density at radius 2 is 2.00 bits per heavy atom. The average molecular weight is 484 g/mol. The predicted octanol–water partition coefficient (Wildman–Crippen LogP) is 2.25. The van der Waals surface area contributed by atoms with E-state index in [0.29, 0.717) is 12.2 Å². The molecule has 2 aromatic rings. The van der Waals surface area contributed by atoms with Gasteiger partial charge in [-0.3, -0.25) is 0 Å². The topological polar surface area (TPSA) is 123 Å². The summed E-state index contributed by atoms with van der Waals surface area (Å²) in [5, 5.41) is 22.6. The van der Waals surface area contributed by atoms with Gasteiger partial charge in [0.2, 0.25) is 22.1 Å². The first kappa shape index (κ1) is 24.2. The van der Waals surface area contributed by atoms with Crippen LogP contribution in [0.25, 0.3) is 0 Å². The molecule has 0 aliphatic carbocycles. The number of aliphatic carboxylic acids is 1. The van der Waals surface area contributed by atoms with Crippen molar-refractivity contribution in [3.63, 3.8) is 0 Å². The number of carbonyl (C=O) groups is 1. The molecule has 0 saturated carbocycles. The van der Waals surface area contributed by atoms with Gasteiger partial charge in [0.15, 0.2) is 0 Å². The fraction of sp³-hybridized carbons (Fsp3) is 0.381. The maximum atomic E-state index is 13.0. The fourth-order valence-electron chi connectivity index (χ4n) is 3.28. The lowest BCUT2D eigenvalue weighted by molar-refractivity contribution is -0.157. The number of nitrogens with zero attached hydrogens (tertiary/aromatic N) is 1. The van der Waals surface area contributed by atoms with Crippen LogP contribution < -0.4 is 4.74 Å². The molecule has 2 N–H and O–H groups in total. The van der Waals surface area contributed by atoms with Crippen molar-refractivity contribution in [3.05, 3.63) is 58.5 Å². The average Bonchev–Trinajstić information content (AvgIpc) is 3.33. The molecule has 2 unspecified atom stereocenters. The number of sulfonamides is 1. The molecule has 9 nitrogen and oxygen atoms in total. The van der Waals surface area contributed by atoms with Gasteiger partial charge in [0, 0.05) is 25.4 Å². The van der Waals surface area contributed by atoms with Gasteiger partial charge in [0.1, 0.15) is 5.75 Å². The first-order valence-corrected chi connectivity index (χ1v) is 12.2. The van der Waals surface area contributed by atoms with Crippen LogP contribution in [0.2, 0.25) is 0 Å². The van der Waals surface area contributed by atoms with Crippen molar-refractivity contribution in [2.24, 2.45) is 0 Å². The Labute approximate surface area is 190 Å². The van der Waals surface area contributed by atoms with E-state index in [1.807, 2.05) is 16.8 Å². The van der Waals surface area contributed by atoms with E-state index in [-0.39, 0.29) is 42.9 Å². The van der Waals surface area contributed by atoms with Crippen molar-refractivity contribution in [2.45, 2.75) is 23.5 Å². The minimum absolute atomic E-state index is 0.0377. The van der Waals surface area contributed by atoms with Gasteiger partial charge in [-0.25, -0.2) is 13.2 Å². The Morgan fingerprint density at radius 3 is 2.59 bits per heavy atom. The largest absolute Gasteiger partial charge is 0.497 e. The minimum Gasteiger partial charge on any atom is -0.497 e. The van der Waals surface area contributed by atoms with Gasteiger partial charge in [-0.15, -0.1) is 0 Å². The smallest absolute Gasteiger partial charge is 0.370 e. The third-order valence-corrected chi connectivity index (χ3v) is 7.54. The number of rotatable bonds is 11. The van der Waals surface area contributed by atoms with Gasteiger partial charge in [-0.05, 0) is 52.7 Å². The van der Waals surface area contributed by atoms with Crippen molar-refractivity contribution in [3.8, 4) is 5.75 Å². The number of aliphatic hydroxyl groups is 1. The van der Waals surface area contributed by atoms with Gasteiger partial charge in [-0.2, -0.15) is 15.6 Å². The van der Waals surface area contributed by atoms with Crippen LogP contribution in [0, 0.1) is 0 Å². The van der Waals surface area contributed by atoms with Crippen LogP contribution in [0.5, 0.6) is 5.75 Å². The molecule has 2 heterocycles. The van der Waals surface area contributed by atoms with Crippen LogP contribution in [-0.2, 0) is 24.3 Å². The Balaban J connectivity index is 1.65. The molecule has 3 rings (SSSR count). The van der Waals surface area contributed by atoms with Crippen molar-refractivity contribution in [1.29, 1.82) is 0 Å². The lowest BCUT2D eigenvalue weighted by Gasteiger charge is -2.29. The Kier molecular flexibility index (Phi) is 8.26. The molecule has 174 valence electrons.